The normalized spacial score (nSPS) is 9.00. The van der Waals surface area contributed by atoms with Crippen LogP contribution in [0.1, 0.15) is 52.4 Å². The van der Waals surface area contributed by atoms with Crippen molar-refractivity contribution in [3.8, 4) is 12.1 Å². The third-order valence-corrected chi connectivity index (χ3v) is 1.56. The molecule has 0 saturated carbocycles. The van der Waals surface area contributed by atoms with Crippen LogP contribution in [-0.4, -0.2) is 0 Å². The smallest absolute Gasteiger partial charge is 0.0653 e. The predicted molar refractivity (Wildman–Crippen MR) is 58.4 cm³/mol. The van der Waals surface area contributed by atoms with Gasteiger partial charge in [-0.25, -0.2) is 0 Å². The largest absolute Gasteiger partial charge is 0.522 e. The highest BCUT2D eigenvalue weighted by atomic mass is 15.5. The van der Waals surface area contributed by atoms with Crippen LogP contribution in [0.25, 0.3) is 9.91 Å². The Morgan fingerprint density at radius 1 is 0.857 bits per heavy atom. The van der Waals surface area contributed by atoms with Crippen LogP contribution in [0.3, 0.4) is 0 Å². The van der Waals surface area contributed by atoms with Crippen LogP contribution >= 0.6 is 0 Å². The molecule has 0 aromatic rings. The van der Waals surface area contributed by atoms with Gasteiger partial charge in [-0.3, -0.25) is 0 Å². The Labute approximate surface area is 85.6 Å². The van der Waals surface area contributed by atoms with E-state index in [0.717, 1.165) is 38.5 Å². The average molecular weight is 194 g/mol. The highest BCUT2D eigenvalue weighted by Gasteiger charge is 1.94. The van der Waals surface area contributed by atoms with Gasteiger partial charge in [0.2, 0.25) is 12.1 Å². The van der Waals surface area contributed by atoms with Crippen molar-refractivity contribution in [1.29, 1.82) is 0 Å². The summed E-state index contributed by atoms with van der Waals surface area (Å²) in [6, 6.07) is 5.53. The van der Waals surface area contributed by atoms with Crippen LogP contribution in [0.15, 0.2) is 10.4 Å². The van der Waals surface area contributed by atoms with Crippen molar-refractivity contribution in [1.82, 2.24) is 0 Å². The number of hydrogen-bond acceptors (Lipinski definition) is 2. The fourth-order valence-corrected chi connectivity index (χ4v) is 0.715. The first kappa shape index (κ1) is 12.6. The van der Waals surface area contributed by atoms with Crippen molar-refractivity contribution in [2.24, 2.45) is 10.4 Å². The molecule has 0 bridgehead atoms. The number of rotatable bonds is 4. The average Bonchev–Trinajstić information content (AvgIpc) is 2.21. The van der Waals surface area contributed by atoms with E-state index < -0.39 is 0 Å². The molecule has 0 aromatic carbocycles. The summed E-state index contributed by atoms with van der Waals surface area (Å²) in [6.07, 6.45) is 6.12. The van der Waals surface area contributed by atoms with Gasteiger partial charge in [0.25, 0.3) is 0 Å². The molecule has 0 aliphatic heterocycles. The summed E-state index contributed by atoms with van der Waals surface area (Å²) < 4.78 is 0. The summed E-state index contributed by atoms with van der Waals surface area (Å²) in [5.74, 6) is 0. The van der Waals surface area contributed by atoms with E-state index in [2.05, 4.69) is 46.3 Å². The first-order chi connectivity index (χ1) is 6.91. The molecule has 4 heteroatoms. The molecule has 0 saturated heterocycles. The van der Waals surface area contributed by atoms with E-state index in [0.29, 0.717) is 0 Å². The molecule has 0 aliphatic carbocycles. The molecule has 0 spiro atoms. The molecule has 0 fully saturated rings. The molecular weight excluding hydrogens is 176 g/mol. The van der Waals surface area contributed by atoms with Gasteiger partial charge in [0, 0.05) is 0 Å². The standard InChI is InChI=1S/C10H18N4/c1-3-5-7-9-11-13-14-12-10-8-6-4-2/h3-8H2,1-2H3/q+2. The quantitative estimate of drug-likeness (QED) is 0.363. The molecule has 0 aromatic heterocycles. The van der Waals surface area contributed by atoms with Gasteiger partial charge in [0.05, 0.1) is 22.7 Å². The maximum absolute atomic E-state index is 3.60. The minimum atomic E-state index is 0.832. The van der Waals surface area contributed by atoms with Crippen molar-refractivity contribution in [3.63, 3.8) is 0 Å². The van der Waals surface area contributed by atoms with Crippen LogP contribution in [0.2, 0.25) is 0 Å². The molecule has 0 heterocycles. The van der Waals surface area contributed by atoms with Gasteiger partial charge >= 0.3 is 10.4 Å². The van der Waals surface area contributed by atoms with Crippen LogP contribution in [-0.2, 0) is 0 Å². The van der Waals surface area contributed by atoms with Gasteiger partial charge < -0.3 is 0 Å². The maximum atomic E-state index is 3.60. The minimum absolute atomic E-state index is 0.832. The highest BCUT2D eigenvalue weighted by molar-refractivity contribution is 4.84. The van der Waals surface area contributed by atoms with E-state index in [4.69, 9.17) is 0 Å². The second-order valence-electron chi connectivity index (χ2n) is 2.90. The lowest BCUT2D eigenvalue weighted by Gasteiger charge is -1.75. The number of unbranched alkanes of at least 4 members (excludes halogenated alkanes) is 4. The zero-order chi connectivity index (χ0) is 10.5. The van der Waals surface area contributed by atoms with Crippen molar-refractivity contribution >= 4 is 0 Å². The Morgan fingerprint density at radius 2 is 1.29 bits per heavy atom. The fourth-order valence-electron chi connectivity index (χ4n) is 0.715. The molecule has 0 amide bonds. The summed E-state index contributed by atoms with van der Waals surface area (Å²) in [6.45, 7) is 4.24. The van der Waals surface area contributed by atoms with Gasteiger partial charge in [0.1, 0.15) is 0 Å². The highest BCUT2D eigenvalue weighted by Crippen LogP contribution is 1.93. The SMILES string of the molecule is CCCCC#[N+]N=N[N+]#CCCCC. The predicted octanol–water partition coefficient (Wildman–Crippen LogP) is 4.31. The van der Waals surface area contributed by atoms with Crippen molar-refractivity contribution in [2.45, 2.75) is 52.4 Å². The molecule has 4 nitrogen and oxygen atoms in total. The summed E-state index contributed by atoms with van der Waals surface area (Å²) in [4.78, 5) is 7.20. The van der Waals surface area contributed by atoms with Crippen molar-refractivity contribution in [3.05, 3.63) is 9.91 Å². The lowest BCUT2D eigenvalue weighted by atomic mass is 10.3. The zero-order valence-corrected chi connectivity index (χ0v) is 9.03. The summed E-state index contributed by atoms with van der Waals surface area (Å²) in [5, 5.41) is 6.90. The molecule has 0 unspecified atom stereocenters. The van der Waals surface area contributed by atoms with Gasteiger partial charge in [-0.05, 0) is 12.8 Å². The lowest BCUT2D eigenvalue weighted by molar-refractivity contribution is 0.825. The van der Waals surface area contributed by atoms with E-state index >= 15 is 0 Å². The molecule has 0 radical (unpaired) electrons. The van der Waals surface area contributed by atoms with Crippen LogP contribution in [0.4, 0.5) is 0 Å². The Hall–Kier alpha value is -1.42. The third kappa shape index (κ3) is 10.6. The second kappa shape index (κ2) is 11.6. The lowest BCUT2D eigenvalue weighted by Crippen LogP contribution is -1.64. The van der Waals surface area contributed by atoms with Crippen molar-refractivity contribution in [2.75, 3.05) is 0 Å². The van der Waals surface area contributed by atoms with E-state index in [9.17, 15) is 0 Å². The van der Waals surface area contributed by atoms with E-state index in [1.807, 2.05) is 0 Å². The van der Waals surface area contributed by atoms with Crippen LogP contribution in [0.5, 0.6) is 0 Å². The van der Waals surface area contributed by atoms with Gasteiger partial charge in [-0.1, -0.05) is 26.7 Å². The maximum Gasteiger partial charge on any atom is 0.522 e. The Balaban J connectivity index is 3.48. The van der Waals surface area contributed by atoms with Crippen LogP contribution in [0, 0.1) is 12.1 Å². The van der Waals surface area contributed by atoms with E-state index in [1.165, 1.54) is 0 Å². The first-order valence-electron chi connectivity index (χ1n) is 5.17. The topological polar surface area (TPSA) is 33.4 Å². The zero-order valence-electron chi connectivity index (χ0n) is 9.03. The second-order valence-corrected chi connectivity index (χ2v) is 2.90. The Kier molecular flexibility index (Phi) is 10.4. The van der Waals surface area contributed by atoms with Gasteiger partial charge in [0.15, 0.2) is 0 Å². The Bertz CT molecular complexity index is 233. The third-order valence-electron chi connectivity index (χ3n) is 1.56. The summed E-state index contributed by atoms with van der Waals surface area (Å²) >= 11 is 0. The molecule has 0 aliphatic rings. The van der Waals surface area contributed by atoms with E-state index in [-0.39, 0.29) is 0 Å². The van der Waals surface area contributed by atoms with Crippen LogP contribution < -0.4 is 0 Å². The van der Waals surface area contributed by atoms with Gasteiger partial charge in [-0.2, -0.15) is 0 Å². The molecule has 0 N–H and O–H groups in total. The monoisotopic (exact) mass is 194 g/mol. The first-order valence-corrected chi connectivity index (χ1v) is 5.17. The molecule has 0 rings (SSSR count). The summed E-state index contributed by atoms with van der Waals surface area (Å²) in [7, 11) is 0. The summed E-state index contributed by atoms with van der Waals surface area (Å²) in [5.41, 5.74) is 0. The number of nitrogens with zero attached hydrogens (tertiary/aromatic N) is 4. The minimum Gasteiger partial charge on any atom is -0.0653 e. The Morgan fingerprint density at radius 3 is 1.64 bits per heavy atom. The van der Waals surface area contributed by atoms with Crippen molar-refractivity contribution < 1.29 is 0 Å². The molecule has 14 heavy (non-hydrogen) atoms. The van der Waals surface area contributed by atoms with Gasteiger partial charge in [-0.15, -0.1) is 0 Å². The molecule has 0 atom stereocenters. The van der Waals surface area contributed by atoms with E-state index in [1.54, 1.807) is 0 Å². The molecule has 76 valence electrons. The number of hydrogen-bond donors (Lipinski definition) is 0. The fraction of sp³-hybridized carbons (Fsp3) is 0.800. The molecular formula is C10H18N4+2.